The van der Waals surface area contributed by atoms with Gasteiger partial charge in [-0.15, -0.1) is 0 Å². The smallest absolute Gasteiger partial charge is 0.160 e. The molecule has 0 radical (unpaired) electrons. The van der Waals surface area contributed by atoms with Crippen molar-refractivity contribution in [2.24, 2.45) is 4.74 Å². The van der Waals surface area contributed by atoms with Gasteiger partial charge >= 0.3 is 0 Å². The number of hydrogen-bond acceptors (Lipinski definition) is 5. The maximum atomic E-state index is 6.45. The Bertz CT molecular complexity index is 1360. The summed E-state index contributed by atoms with van der Waals surface area (Å²) >= 11 is 6.45. The van der Waals surface area contributed by atoms with Crippen LogP contribution in [0.25, 0.3) is 0 Å². The Hall–Kier alpha value is -2.50. The largest absolute Gasteiger partial charge is 0.494 e. The number of anilines is 1. The highest BCUT2D eigenvalue weighted by Crippen LogP contribution is 2.61. The van der Waals surface area contributed by atoms with Gasteiger partial charge < -0.3 is 18.8 Å². The second-order valence-corrected chi connectivity index (χ2v) is 12.9. The number of nitrogens with zero attached hydrogens (tertiary/aromatic N) is 3. The molecule has 3 aromatic rings. The number of hydrogen-bond donors (Lipinski definition) is 0. The molecule has 0 amide bonds. The molecule has 190 valence electrons. The number of furan rings is 1. The van der Waals surface area contributed by atoms with E-state index in [2.05, 4.69) is 66.6 Å². The summed E-state index contributed by atoms with van der Waals surface area (Å²) in [5.74, 6) is 3.91. The number of allylic oxidation sites excluding steroid dienone is 1. The van der Waals surface area contributed by atoms with Gasteiger partial charge in [-0.05, 0) is 54.7 Å². The van der Waals surface area contributed by atoms with E-state index in [1.54, 1.807) is 7.11 Å². The standard InChI is InChI=1S/C28H33ClN3O3P/c1-20-10-13-27(35-20)36(32-14-16-34-17-15-32,30-23-18-21(29)11-12-25(23)33-5)19-26-28(2,3)22-8-6-7-9-24(22)31(26)4/h6-13,18-19H,14-17H2,1-5H3/b26-19-. The maximum Gasteiger partial charge on any atom is 0.160 e. The van der Waals surface area contributed by atoms with E-state index >= 15 is 0 Å². The van der Waals surface area contributed by atoms with Crippen molar-refractivity contribution in [3.05, 3.63) is 82.5 Å². The third-order valence-electron chi connectivity index (χ3n) is 7.11. The van der Waals surface area contributed by atoms with Crippen molar-refractivity contribution >= 4 is 35.7 Å². The minimum Gasteiger partial charge on any atom is -0.494 e. The molecule has 36 heavy (non-hydrogen) atoms. The SMILES string of the molecule is COc1ccc(Cl)cc1N=P(/C=C1\N(C)c2ccccc2C1(C)C)(c1ccc(C)o1)N1CCOCC1. The summed E-state index contributed by atoms with van der Waals surface area (Å²) in [6.07, 6.45) is 0. The predicted octanol–water partition coefficient (Wildman–Crippen LogP) is 6.92. The number of aryl methyl sites for hydroxylation is 1. The summed E-state index contributed by atoms with van der Waals surface area (Å²) in [5, 5.41) is 0.614. The molecule has 1 aromatic heterocycles. The molecule has 0 aliphatic carbocycles. The van der Waals surface area contributed by atoms with Gasteiger partial charge in [-0.25, -0.2) is 4.74 Å². The van der Waals surface area contributed by atoms with Gasteiger partial charge in [-0.3, -0.25) is 4.67 Å². The predicted molar refractivity (Wildman–Crippen MR) is 148 cm³/mol. The molecule has 2 aliphatic rings. The Kier molecular flexibility index (Phi) is 6.82. The number of benzene rings is 2. The van der Waals surface area contributed by atoms with E-state index in [1.165, 1.54) is 16.9 Å². The number of morpholine rings is 1. The number of likely N-dealkylation sites (N-methyl/N-ethyl adjacent to an activating group) is 1. The number of rotatable bonds is 5. The molecule has 2 aromatic carbocycles. The quantitative estimate of drug-likeness (QED) is 0.338. The first kappa shape index (κ1) is 25.2. The molecule has 1 atom stereocenters. The van der Waals surface area contributed by atoms with Crippen LogP contribution >= 0.6 is 18.8 Å². The third-order valence-corrected chi connectivity index (χ3v) is 10.6. The summed E-state index contributed by atoms with van der Waals surface area (Å²) in [6.45, 7) is 9.33. The van der Waals surface area contributed by atoms with Crippen LogP contribution in [0.15, 0.2) is 75.3 Å². The Labute approximate surface area is 218 Å². The number of fused-ring (bicyclic) bond motifs is 1. The summed E-state index contributed by atoms with van der Waals surface area (Å²) in [6, 6.07) is 18.3. The molecule has 2 aliphatic heterocycles. The number of ether oxygens (including phenoxy) is 2. The fourth-order valence-electron chi connectivity index (χ4n) is 5.19. The summed E-state index contributed by atoms with van der Waals surface area (Å²) in [4.78, 5) is 2.30. The van der Waals surface area contributed by atoms with E-state index in [-0.39, 0.29) is 5.41 Å². The lowest BCUT2D eigenvalue weighted by Crippen LogP contribution is -2.36. The maximum absolute atomic E-state index is 6.45. The van der Waals surface area contributed by atoms with Crippen LogP contribution in [0.3, 0.4) is 0 Å². The number of methoxy groups -OCH3 is 1. The van der Waals surface area contributed by atoms with Crippen molar-refractivity contribution in [3.8, 4) is 5.75 Å². The molecule has 0 saturated carbocycles. The molecule has 1 unspecified atom stereocenters. The van der Waals surface area contributed by atoms with Crippen molar-refractivity contribution in [1.82, 2.24) is 4.67 Å². The lowest BCUT2D eigenvalue weighted by molar-refractivity contribution is 0.0747. The average molecular weight is 526 g/mol. The van der Waals surface area contributed by atoms with E-state index in [1.807, 2.05) is 31.2 Å². The molecule has 1 fully saturated rings. The topological polar surface area (TPSA) is 50.4 Å². The molecule has 5 rings (SSSR count). The van der Waals surface area contributed by atoms with Crippen LogP contribution in [0.2, 0.25) is 5.02 Å². The highest BCUT2D eigenvalue weighted by Gasteiger charge is 2.42. The first-order valence-electron chi connectivity index (χ1n) is 12.2. The molecule has 1 saturated heterocycles. The Morgan fingerprint density at radius 2 is 1.83 bits per heavy atom. The van der Waals surface area contributed by atoms with E-state index in [0.717, 1.165) is 24.4 Å². The van der Waals surface area contributed by atoms with Gasteiger partial charge in [0, 0.05) is 42.0 Å². The summed E-state index contributed by atoms with van der Waals surface area (Å²) in [5.41, 5.74) is 5.07. The molecular formula is C28H33ClN3O3P. The lowest BCUT2D eigenvalue weighted by Gasteiger charge is -2.37. The zero-order chi connectivity index (χ0) is 25.5. The zero-order valence-corrected chi connectivity index (χ0v) is 23.1. The van der Waals surface area contributed by atoms with Gasteiger partial charge in [0.25, 0.3) is 0 Å². The van der Waals surface area contributed by atoms with Gasteiger partial charge in [0.1, 0.15) is 24.4 Å². The minimum absolute atomic E-state index is 0.210. The van der Waals surface area contributed by atoms with E-state index < -0.39 is 7.21 Å². The minimum atomic E-state index is -2.61. The van der Waals surface area contributed by atoms with Crippen molar-refractivity contribution in [1.29, 1.82) is 0 Å². The zero-order valence-electron chi connectivity index (χ0n) is 21.5. The van der Waals surface area contributed by atoms with Crippen LogP contribution in [0, 0.1) is 6.92 Å². The third kappa shape index (κ3) is 4.31. The molecule has 3 heterocycles. The Morgan fingerprint density at radius 3 is 2.50 bits per heavy atom. The Balaban J connectivity index is 1.84. The van der Waals surface area contributed by atoms with E-state index in [9.17, 15) is 0 Å². The van der Waals surface area contributed by atoms with Crippen LogP contribution in [0.1, 0.15) is 25.2 Å². The highest BCUT2D eigenvalue weighted by atomic mass is 35.5. The van der Waals surface area contributed by atoms with Gasteiger partial charge in [-0.1, -0.05) is 43.6 Å². The van der Waals surface area contributed by atoms with Gasteiger partial charge in [0.05, 0.1) is 20.3 Å². The van der Waals surface area contributed by atoms with Crippen LogP contribution in [0.5, 0.6) is 5.75 Å². The van der Waals surface area contributed by atoms with Crippen molar-refractivity contribution in [2.75, 3.05) is 45.4 Å². The average Bonchev–Trinajstić information content (AvgIpc) is 3.40. The summed E-state index contributed by atoms with van der Waals surface area (Å²) in [7, 11) is 1.19. The fourth-order valence-corrected chi connectivity index (χ4v) is 8.87. The fraction of sp³-hybridized carbons (Fsp3) is 0.357. The second-order valence-electron chi connectivity index (χ2n) is 9.73. The molecule has 0 N–H and O–H groups in total. The first-order chi connectivity index (χ1) is 17.3. The molecule has 6 nitrogen and oxygen atoms in total. The number of para-hydroxylation sites is 1. The molecular weight excluding hydrogens is 493 g/mol. The molecule has 8 heteroatoms. The first-order valence-corrected chi connectivity index (χ1v) is 14.3. The van der Waals surface area contributed by atoms with Crippen molar-refractivity contribution in [3.63, 3.8) is 0 Å². The lowest BCUT2D eigenvalue weighted by atomic mass is 9.84. The Morgan fingerprint density at radius 1 is 1.08 bits per heavy atom. The second kappa shape index (κ2) is 9.75. The van der Waals surface area contributed by atoms with Gasteiger partial charge in [-0.2, -0.15) is 0 Å². The van der Waals surface area contributed by atoms with Crippen molar-refractivity contribution in [2.45, 2.75) is 26.2 Å². The van der Waals surface area contributed by atoms with Crippen molar-refractivity contribution < 1.29 is 13.9 Å². The molecule has 0 spiro atoms. The summed E-state index contributed by atoms with van der Waals surface area (Å²) < 4.78 is 25.9. The highest BCUT2D eigenvalue weighted by molar-refractivity contribution is 7.74. The number of halogens is 1. The monoisotopic (exact) mass is 525 g/mol. The molecule has 0 bridgehead atoms. The van der Waals surface area contributed by atoms with E-state index in [0.29, 0.717) is 29.7 Å². The van der Waals surface area contributed by atoms with E-state index in [4.69, 9.17) is 30.2 Å². The van der Waals surface area contributed by atoms with Gasteiger partial charge in [0.15, 0.2) is 5.50 Å². The van der Waals surface area contributed by atoms with Crippen LogP contribution in [0.4, 0.5) is 11.4 Å². The van der Waals surface area contributed by atoms with Crippen LogP contribution < -0.4 is 15.1 Å². The van der Waals surface area contributed by atoms with Gasteiger partial charge in [0.2, 0.25) is 0 Å². The van der Waals surface area contributed by atoms with Crippen LogP contribution in [-0.2, 0) is 10.2 Å². The van der Waals surface area contributed by atoms with Crippen LogP contribution in [-0.4, -0.2) is 45.1 Å². The normalized spacial score (nSPS) is 20.3.